The zero-order valence-corrected chi connectivity index (χ0v) is 7.97. The Labute approximate surface area is 81.8 Å². The molecule has 0 aliphatic carbocycles. The van der Waals surface area contributed by atoms with Gasteiger partial charge in [0.1, 0.15) is 6.67 Å². The number of hydrogen-bond donors (Lipinski definition) is 0. The second-order valence-electron chi connectivity index (χ2n) is 2.31. The number of halogens is 1. The van der Waals surface area contributed by atoms with E-state index in [1.165, 1.54) is 18.1 Å². The van der Waals surface area contributed by atoms with Gasteiger partial charge < -0.3 is 4.18 Å². The minimum atomic E-state index is -0.431. The van der Waals surface area contributed by atoms with Crippen molar-refractivity contribution in [2.75, 3.05) is 13.3 Å². The fourth-order valence-corrected chi connectivity index (χ4v) is 1.30. The van der Waals surface area contributed by atoms with Crippen molar-refractivity contribution in [3.8, 4) is 0 Å². The molecule has 0 unspecified atom stereocenters. The molecule has 1 rings (SSSR count). The van der Waals surface area contributed by atoms with E-state index in [4.69, 9.17) is 4.18 Å². The van der Waals surface area contributed by atoms with Crippen LogP contribution in [0.25, 0.3) is 0 Å². The first-order chi connectivity index (χ1) is 6.43. The molecule has 0 spiro atoms. The molecule has 13 heavy (non-hydrogen) atoms. The average molecular weight is 198 g/mol. The molecule has 0 atom stereocenters. The van der Waals surface area contributed by atoms with Crippen molar-refractivity contribution in [3.63, 3.8) is 0 Å². The lowest BCUT2D eigenvalue weighted by Gasteiger charge is -1.97. The molecule has 1 aromatic rings. The Hall–Kier alpha value is -0.800. The van der Waals surface area contributed by atoms with E-state index < -0.39 is 6.67 Å². The van der Waals surface area contributed by atoms with Crippen molar-refractivity contribution in [2.45, 2.75) is 4.90 Å². The van der Waals surface area contributed by atoms with Crippen LogP contribution in [0.15, 0.2) is 47.4 Å². The van der Waals surface area contributed by atoms with Gasteiger partial charge >= 0.3 is 0 Å². The summed E-state index contributed by atoms with van der Waals surface area (Å²) in [4.78, 5) is 1.05. The van der Waals surface area contributed by atoms with E-state index >= 15 is 0 Å². The van der Waals surface area contributed by atoms with Gasteiger partial charge in [-0.1, -0.05) is 30.4 Å². The highest BCUT2D eigenvalue weighted by molar-refractivity contribution is 7.94. The van der Waals surface area contributed by atoms with Gasteiger partial charge in [-0.05, 0) is 12.1 Å². The van der Waals surface area contributed by atoms with Gasteiger partial charge in [0.25, 0.3) is 0 Å². The van der Waals surface area contributed by atoms with Crippen molar-refractivity contribution in [1.82, 2.24) is 0 Å². The zero-order valence-electron chi connectivity index (χ0n) is 7.15. The van der Waals surface area contributed by atoms with E-state index in [0.29, 0.717) is 6.61 Å². The molecular weight excluding hydrogens is 187 g/mol. The summed E-state index contributed by atoms with van der Waals surface area (Å²) in [5.74, 6) is 0. The summed E-state index contributed by atoms with van der Waals surface area (Å²) in [6, 6.07) is 9.77. The molecule has 0 heterocycles. The van der Waals surface area contributed by atoms with Crippen molar-refractivity contribution >= 4 is 12.0 Å². The molecule has 0 N–H and O–H groups in total. The van der Waals surface area contributed by atoms with Gasteiger partial charge in [0.15, 0.2) is 0 Å². The molecule has 0 fully saturated rings. The molecule has 1 nitrogen and oxygen atoms in total. The average Bonchev–Trinajstić information content (AvgIpc) is 2.19. The predicted molar refractivity (Wildman–Crippen MR) is 53.4 cm³/mol. The van der Waals surface area contributed by atoms with E-state index in [2.05, 4.69) is 0 Å². The molecule has 0 aliphatic heterocycles. The monoisotopic (exact) mass is 198 g/mol. The lowest BCUT2D eigenvalue weighted by molar-refractivity contribution is 0.427. The van der Waals surface area contributed by atoms with Gasteiger partial charge in [-0.15, -0.1) is 0 Å². The Kier molecular flexibility index (Phi) is 5.29. The molecule has 0 aromatic heterocycles. The number of rotatable bonds is 5. The summed E-state index contributed by atoms with van der Waals surface area (Å²) in [6.45, 7) is 0.00282. The first kappa shape index (κ1) is 10.3. The minimum Gasteiger partial charge on any atom is -0.306 e. The number of benzene rings is 1. The van der Waals surface area contributed by atoms with Gasteiger partial charge in [0, 0.05) is 16.9 Å². The maximum atomic E-state index is 11.6. The van der Waals surface area contributed by atoms with Gasteiger partial charge in [-0.3, -0.25) is 0 Å². The van der Waals surface area contributed by atoms with E-state index in [9.17, 15) is 4.39 Å². The summed E-state index contributed by atoms with van der Waals surface area (Å²) in [6.07, 6.45) is 3.10. The van der Waals surface area contributed by atoms with Crippen LogP contribution in [0.3, 0.4) is 0 Å². The largest absolute Gasteiger partial charge is 0.306 e. The van der Waals surface area contributed by atoms with Crippen LogP contribution >= 0.6 is 12.0 Å². The van der Waals surface area contributed by atoms with Crippen LogP contribution < -0.4 is 0 Å². The van der Waals surface area contributed by atoms with Crippen LogP contribution in [0.4, 0.5) is 4.39 Å². The summed E-state index contributed by atoms with van der Waals surface area (Å²) in [5, 5.41) is 0. The number of alkyl halides is 1. The molecule has 0 saturated heterocycles. The van der Waals surface area contributed by atoms with Crippen molar-refractivity contribution < 1.29 is 8.57 Å². The summed E-state index contributed by atoms with van der Waals surface area (Å²) in [5.41, 5.74) is 0. The Morgan fingerprint density at radius 1 is 1.23 bits per heavy atom. The van der Waals surface area contributed by atoms with Crippen LogP contribution in [0, 0.1) is 0 Å². The maximum absolute atomic E-state index is 11.6. The maximum Gasteiger partial charge on any atom is 0.108 e. The first-order valence-electron chi connectivity index (χ1n) is 3.99. The van der Waals surface area contributed by atoms with Gasteiger partial charge in [0.05, 0.1) is 6.61 Å². The van der Waals surface area contributed by atoms with Crippen molar-refractivity contribution in [3.05, 3.63) is 42.5 Å². The third-order valence-electron chi connectivity index (χ3n) is 1.32. The van der Waals surface area contributed by atoms with E-state index in [1.54, 1.807) is 6.08 Å². The Morgan fingerprint density at radius 3 is 2.69 bits per heavy atom. The first-order valence-corrected chi connectivity index (χ1v) is 4.73. The highest BCUT2D eigenvalue weighted by atomic mass is 32.2. The van der Waals surface area contributed by atoms with Crippen LogP contribution in [-0.4, -0.2) is 13.3 Å². The second kappa shape index (κ2) is 6.69. The lowest BCUT2D eigenvalue weighted by Crippen LogP contribution is -1.80. The fourth-order valence-electron chi connectivity index (χ4n) is 0.748. The summed E-state index contributed by atoms with van der Waals surface area (Å²) in [7, 11) is 0. The summed E-state index contributed by atoms with van der Waals surface area (Å²) >= 11 is 1.30. The Balaban J connectivity index is 2.17. The molecule has 3 heteroatoms. The van der Waals surface area contributed by atoms with Crippen LogP contribution in [0.1, 0.15) is 0 Å². The second-order valence-corrected chi connectivity index (χ2v) is 3.18. The number of hydrogen-bond acceptors (Lipinski definition) is 2. The van der Waals surface area contributed by atoms with Crippen LogP contribution in [0.5, 0.6) is 0 Å². The molecule has 0 amide bonds. The Morgan fingerprint density at radius 2 is 2.00 bits per heavy atom. The molecule has 0 saturated carbocycles. The standard InChI is InChI=1S/C10H11FOS/c11-8-4-5-9-12-13-10-6-2-1-3-7-10/h1-7H,8-9H2. The highest BCUT2D eigenvalue weighted by Crippen LogP contribution is 2.17. The smallest absolute Gasteiger partial charge is 0.108 e. The highest BCUT2D eigenvalue weighted by Gasteiger charge is 1.89. The quantitative estimate of drug-likeness (QED) is 0.408. The summed E-state index contributed by atoms with van der Waals surface area (Å²) < 4.78 is 16.8. The Bertz CT molecular complexity index is 248. The molecule has 0 aliphatic rings. The molecule has 1 aromatic carbocycles. The zero-order chi connectivity index (χ0) is 9.36. The fraction of sp³-hybridized carbons (Fsp3) is 0.200. The molecule has 0 radical (unpaired) electrons. The van der Waals surface area contributed by atoms with E-state index in [1.807, 2.05) is 30.3 Å². The third-order valence-corrected chi connectivity index (χ3v) is 2.04. The SMILES string of the molecule is FCC=CCOSc1ccccc1. The van der Waals surface area contributed by atoms with E-state index in [0.717, 1.165) is 4.90 Å². The van der Waals surface area contributed by atoms with Gasteiger partial charge in [0.2, 0.25) is 0 Å². The number of allylic oxidation sites excluding steroid dienone is 1. The van der Waals surface area contributed by atoms with Crippen LogP contribution in [0.2, 0.25) is 0 Å². The minimum absolute atomic E-state index is 0.431. The molecule has 0 bridgehead atoms. The van der Waals surface area contributed by atoms with Crippen molar-refractivity contribution in [1.29, 1.82) is 0 Å². The van der Waals surface area contributed by atoms with E-state index in [-0.39, 0.29) is 0 Å². The third kappa shape index (κ3) is 4.70. The van der Waals surface area contributed by atoms with Gasteiger partial charge in [-0.2, -0.15) is 0 Å². The predicted octanol–water partition coefficient (Wildman–Crippen LogP) is 3.24. The molecular formula is C10H11FOS. The van der Waals surface area contributed by atoms with Gasteiger partial charge in [-0.25, -0.2) is 4.39 Å². The van der Waals surface area contributed by atoms with Crippen molar-refractivity contribution in [2.24, 2.45) is 0 Å². The topological polar surface area (TPSA) is 9.23 Å². The lowest BCUT2D eigenvalue weighted by atomic mass is 10.4. The normalized spacial score (nSPS) is 10.8. The van der Waals surface area contributed by atoms with Crippen LogP contribution in [-0.2, 0) is 4.18 Å². The molecule has 70 valence electrons.